The lowest BCUT2D eigenvalue weighted by Gasteiger charge is -2.34. The molecule has 2 aromatic carbocycles. The predicted octanol–water partition coefficient (Wildman–Crippen LogP) is 2.28. The summed E-state index contributed by atoms with van der Waals surface area (Å²) in [6, 6.07) is 16.1. The van der Waals surface area contributed by atoms with Crippen molar-refractivity contribution < 1.29 is 9.53 Å². The summed E-state index contributed by atoms with van der Waals surface area (Å²) in [7, 11) is 0. The molecule has 3 rings (SSSR count). The van der Waals surface area contributed by atoms with Crippen molar-refractivity contribution in [3.05, 3.63) is 42.5 Å². The third-order valence-electron chi connectivity index (χ3n) is 4.35. The van der Waals surface area contributed by atoms with E-state index in [1.54, 1.807) is 0 Å². The second-order valence-corrected chi connectivity index (χ2v) is 5.93. The van der Waals surface area contributed by atoms with Crippen LogP contribution in [0.1, 0.15) is 6.42 Å². The van der Waals surface area contributed by atoms with E-state index >= 15 is 0 Å². The lowest BCUT2D eigenvalue weighted by Crippen LogP contribution is -2.50. The normalized spacial score (nSPS) is 15.2. The van der Waals surface area contributed by atoms with E-state index in [0.29, 0.717) is 19.5 Å². The van der Waals surface area contributed by atoms with Crippen molar-refractivity contribution in [2.45, 2.75) is 6.42 Å². The van der Waals surface area contributed by atoms with Crippen LogP contribution < -0.4 is 4.74 Å². The van der Waals surface area contributed by atoms with Crippen molar-refractivity contribution in [3.8, 4) is 11.8 Å². The second-order valence-electron chi connectivity index (χ2n) is 5.93. The number of nitriles is 1. The molecule has 1 saturated heterocycles. The molecule has 0 spiro atoms. The minimum absolute atomic E-state index is 0.0168. The molecule has 0 bridgehead atoms. The van der Waals surface area contributed by atoms with Gasteiger partial charge >= 0.3 is 0 Å². The molecule has 0 unspecified atom stereocenters. The maximum Gasteiger partial charge on any atom is 0.260 e. The fourth-order valence-electron chi connectivity index (χ4n) is 2.92. The summed E-state index contributed by atoms with van der Waals surface area (Å²) in [5, 5.41) is 10.9. The standard InChI is InChI=1S/C19H21N3O2/c20-8-3-9-21-10-12-22(13-11-21)19(23)15-24-18-7-6-16-4-1-2-5-17(16)14-18/h1-2,4-7,14H,3,9-13,15H2. The largest absolute Gasteiger partial charge is 0.484 e. The maximum atomic E-state index is 12.3. The van der Waals surface area contributed by atoms with Crippen molar-refractivity contribution in [3.63, 3.8) is 0 Å². The van der Waals surface area contributed by atoms with E-state index in [1.165, 1.54) is 0 Å². The van der Waals surface area contributed by atoms with Crippen molar-refractivity contribution in [2.75, 3.05) is 39.3 Å². The summed E-state index contributed by atoms with van der Waals surface area (Å²) in [4.78, 5) is 16.3. The fourth-order valence-corrected chi connectivity index (χ4v) is 2.92. The number of carbonyl (C=O) groups excluding carboxylic acids is 1. The van der Waals surface area contributed by atoms with Crippen molar-refractivity contribution in [1.29, 1.82) is 5.26 Å². The summed E-state index contributed by atoms with van der Waals surface area (Å²) in [6.07, 6.45) is 0.541. The van der Waals surface area contributed by atoms with Gasteiger partial charge in [-0.3, -0.25) is 9.69 Å². The van der Waals surface area contributed by atoms with Crippen LogP contribution in [0.2, 0.25) is 0 Å². The number of benzene rings is 2. The van der Waals surface area contributed by atoms with Crippen LogP contribution in [-0.2, 0) is 4.79 Å². The number of hydrogen-bond acceptors (Lipinski definition) is 4. The summed E-state index contributed by atoms with van der Waals surface area (Å²) in [5.41, 5.74) is 0. The first-order valence-electron chi connectivity index (χ1n) is 8.25. The van der Waals surface area contributed by atoms with E-state index in [4.69, 9.17) is 10.00 Å². The van der Waals surface area contributed by atoms with Crippen molar-refractivity contribution in [2.24, 2.45) is 0 Å². The van der Waals surface area contributed by atoms with Crippen LogP contribution in [-0.4, -0.2) is 55.0 Å². The number of ether oxygens (including phenoxy) is 1. The summed E-state index contributed by atoms with van der Waals surface area (Å²) in [6.45, 7) is 3.89. The van der Waals surface area contributed by atoms with E-state index in [-0.39, 0.29) is 12.5 Å². The number of fused-ring (bicyclic) bond motifs is 1. The van der Waals surface area contributed by atoms with Crippen molar-refractivity contribution in [1.82, 2.24) is 9.80 Å². The number of piperazine rings is 1. The van der Waals surface area contributed by atoms with Crippen LogP contribution in [0, 0.1) is 11.3 Å². The minimum atomic E-state index is 0.0168. The molecular formula is C19H21N3O2. The Bertz CT molecular complexity index is 746. The Balaban J connectivity index is 1.49. The average Bonchev–Trinajstić information content (AvgIpc) is 2.64. The van der Waals surface area contributed by atoms with Crippen molar-refractivity contribution >= 4 is 16.7 Å². The number of rotatable bonds is 5. The molecule has 0 N–H and O–H groups in total. The zero-order chi connectivity index (χ0) is 16.8. The Morgan fingerprint density at radius 2 is 1.83 bits per heavy atom. The highest BCUT2D eigenvalue weighted by Crippen LogP contribution is 2.20. The predicted molar refractivity (Wildman–Crippen MR) is 92.7 cm³/mol. The summed E-state index contributed by atoms with van der Waals surface area (Å²) in [5.74, 6) is 0.734. The van der Waals surface area contributed by atoms with Gasteiger partial charge in [0.15, 0.2) is 6.61 Å². The van der Waals surface area contributed by atoms with Gasteiger partial charge in [-0.1, -0.05) is 30.3 Å². The zero-order valence-electron chi connectivity index (χ0n) is 13.6. The van der Waals surface area contributed by atoms with Gasteiger partial charge in [-0.25, -0.2) is 0 Å². The number of hydrogen-bond donors (Lipinski definition) is 0. The molecule has 1 aliphatic rings. The molecule has 0 atom stereocenters. The molecule has 2 aromatic rings. The molecule has 1 heterocycles. The van der Waals surface area contributed by atoms with Gasteiger partial charge < -0.3 is 9.64 Å². The molecule has 1 fully saturated rings. The van der Waals surface area contributed by atoms with E-state index in [0.717, 1.165) is 36.2 Å². The Labute approximate surface area is 142 Å². The first kappa shape index (κ1) is 16.3. The van der Waals surface area contributed by atoms with Crippen LogP contribution in [0.3, 0.4) is 0 Å². The molecule has 5 heteroatoms. The molecule has 0 aliphatic carbocycles. The highest BCUT2D eigenvalue weighted by Gasteiger charge is 2.21. The molecule has 0 radical (unpaired) electrons. The monoisotopic (exact) mass is 323 g/mol. The smallest absolute Gasteiger partial charge is 0.260 e. The zero-order valence-corrected chi connectivity index (χ0v) is 13.6. The molecule has 0 saturated carbocycles. The van der Waals surface area contributed by atoms with Gasteiger partial charge in [-0.2, -0.15) is 5.26 Å². The van der Waals surface area contributed by atoms with Crippen LogP contribution >= 0.6 is 0 Å². The summed E-state index contributed by atoms with van der Waals surface area (Å²) >= 11 is 0. The van der Waals surface area contributed by atoms with Gasteiger partial charge in [0.25, 0.3) is 5.91 Å². The third-order valence-corrected chi connectivity index (χ3v) is 4.35. The van der Waals surface area contributed by atoms with Gasteiger partial charge in [0.2, 0.25) is 0 Å². The Hall–Kier alpha value is -2.58. The van der Waals surface area contributed by atoms with Crippen LogP contribution in [0.5, 0.6) is 5.75 Å². The highest BCUT2D eigenvalue weighted by molar-refractivity contribution is 5.84. The fraction of sp³-hybridized carbons (Fsp3) is 0.368. The quantitative estimate of drug-likeness (QED) is 0.847. The maximum absolute atomic E-state index is 12.3. The number of nitrogens with zero attached hydrogens (tertiary/aromatic N) is 3. The lowest BCUT2D eigenvalue weighted by molar-refractivity contribution is -0.135. The van der Waals surface area contributed by atoms with Gasteiger partial charge in [-0.15, -0.1) is 0 Å². The Morgan fingerprint density at radius 1 is 1.08 bits per heavy atom. The van der Waals surface area contributed by atoms with E-state index in [1.807, 2.05) is 41.3 Å². The van der Waals surface area contributed by atoms with Gasteiger partial charge in [-0.05, 0) is 22.9 Å². The Kier molecular flexibility index (Phi) is 5.29. The van der Waals surface area contributed by atoms with Gasteiger partial charge in [0.1, 0.15) is 5.75 Å². The number of carbonyl (C=O) groups is 1. The topological polar surface area (TPSA) is 56.6 Å². The second kappa shape index (κ2) is 7.80. The molecule has 1 amide bonds. The third kappa shape index (κ3) is 4.03. The minimum Gasteiger partial charge on any atom is -0.484 e. The van der Waals surface area contributed by atoms with E-state index < -0.39 is 0 Å². The highest BCUT2D eigenvalue weighted by atomic mass is 16.5. The van der Waals surface area contributed by atoms with Gasteiger partial charge in [0, 0.05) is 39.1 Å². The van der Waals surface area contributed by atoms with Gasteiger partial charge in [0.05, 0.1) is 6.07 Å². The number of amides is 1. The van der Waals surface area contributed by atoms with E-state index in [9.17, 15) is 4.79 Å². The van der Waals surface area contributed by atoms with Crippen LogP contribution in [0.4, 0.5) is 0 Å². The molecule has 1 aliphatic heterocycles. The molecule has 24 heavy (non-hydrogen) atoms. The summed E-state index contributed by atoms with van der Waals surface area (Å²) < 4.78 is 5.67. The average molecular weight is 323 g/mol. The Morgan fingerprint density at radius 3 is 2.58 bits per heavy atom. The lowest BCUT2D eigenvalue weighted by atomic mass is 10.1. The first-order chi connectivity index (χ1) is 11.8. The molecular weight excluding hydrogens is 302 g/mol. The SMILES string of the molecule is N#CCCN1CCN(C(=O)COc2ccc3ccccc3c2)CC1. The molecule has 0 aromatic heterocycles. The van der Waals surface area contributed by atoms with E-state index in [2.05, 4.69) is 17.0 Å². The molecule has 124 valence electrons. The first-order valence-corrected chi connectivity index (χ1v) is 8.25. The van der Waals surface area contributed by atoms with Crippen LogP contribution in [0.15, 0.2) is 42.5 Å². The molecule has 5 nitrogen and oxygen atoms in total. The van der Waals surface area contributed by atoms with Crippen LogP contribution in [0.25, 0.3) is 10.8 Å².